The number of ether oxygens (including phenoxy) is 1. The minimum atomic E-state index is -3.71. The molecule has 1 aromatic carbocycles. The van der Waals surface area contributed by atoms with Crippen molar-refractivity contribution in [2.75, 3.05) is 11.9 Å². The van der Waals surface area contributed by atoms with E-state index in [0.717, 1.165) is 6.08 Å². The van der Waals surface area contributed by atoms with Crippen molar-refractivity contribution >= 4 is 33.8 Å². The molecule has 0 fully saturated rings. The molecule has 2 heterocycles. The van der Waals surface area contributed by atoms with Gasteiger partial charge in [-0.2, -0.15) is 5.10 Å². The van der Waals surface area contributed by atoms with E-state index in [1.165, 1.54) is 24.5 Å². The van der Waals surface area contributed by atoms with Crippen LogP contribution in [-0.2, 0) is 30.9 Å². The van der Waals surface area contributed by atoms with Crippen LogP contribution in [0.15, 0.2) is 70.3 Å². The molecule has 3 rings (SSSR count). The summed E-state index contributed by atoms with van der Waals surface area (Å²) in [6, 6.07) is 11.0. The Morgan fingerprint density at radius 1 is 1.18 bits per heavy atom. The maximum Gasteiger partial charge on any atom is 0.331 e. The summed E-state index contributed by atoms with van der Waals surface area (Å²) < 4.78 is 38.8. The lowest BCUT2D eigenvalue weighted by Gasteiger charge is -2.11. The zero-order valence-electron chi connectivity index (χ0n) is 18.1. The Morgan fingerprint density at radius 2 is 1.94 bits per heavy atom. The number of nitrogens with zero attached hydrogens (tertiary/aromatic N) is 2. The lowest BCUT2D eigenvalue weighted by molar-refractivity contribution is -0.142. The first-order valence-corrected chi connectivity index (χ1v) is 11.5. The zero-order valence-corrected chi connectivity index (χ0v) is 18.9. The first-order valence-electron chi connectivity index (χ1n) is 10.0. The molecule has 0 aliphatic rings. The first-order chi connectivity index (χ1) is 15.7. The summed E-state index contributed by atoms with van der Waals surface area (Å²) in [5.41, 5.74) is 0.585. The summed E-state index contributed by atoms with van der Waals surface area (Å²) in [6.45, 7) is 3.43. The van der Waals surface area contributed by atoms with Gasteiger partial charge >= 0.3 is 5.97 Å². The van der Waals surface area contributed by atoms with Gasteiger partial charge in [0.2, 0.25) is 10.0 Å². The third kappa shape index (κ3) is 6.89. The van der Waals surface area contributed by atoms with Gasteiger partial charge in [0.05, 0.1) is 23.9 Å². The van der Waals surface area contributed by atoms with Crippen LogP contribution in [0.5, 0.6) is 0 Å². The Hall–Kier alpha value is -3.70. The highest BCUT2D eigenvalue weighted by Crippen LogP contribution is 2.14. The number of aromatic nitrogens is 2. The number of esters is 1. The predicted molar refractivity (Wildman–Crippen MR) is 120 cm³/mol. The quantitative estimate of drug-likeness (QED) is 0.342. The second kappa shape index (κ2) is 10.7. The number of sulfonamides is 1. The van der Waals surface area contributed by atoms with E-state index in [2.05, 4.69) is 15.1 Å². The number of carbonyl (C=O) groups is 2. The van der Waals surface area contributed by atoms with Crippen LogP contribution in [-0.4, -0.2) is 36.7 Å². The van der Waals surface area contributed by atoms with Gasteiger partial charge in [-0.1, -0.05) is 12.1 Å². The molecule has 3 aromatic rings. The number of carbonyl (C=O) groups excluding carboxylic acids is 2. The van der Waals surface area contributed by atoms with Crippen LogP contribution in [0.1, 0.15) is 31.2 Å². The van der Waals surface area contributed by atoms with E-state index in [4.69, 9.17) is 9.15 Å². The molecule has 174 valence electrons. The molecule has 0 aliphatic carbocycles. The van der Waals surface area contributed by atoms with Crippen molar-refractivity contribution in [3.05, 3.63) is 72.3 Å². The molecule has 2 N–H and O–H groups in total. The molecule has 0 aliphatic heterocycles. The van der Waals surface area contributed by atoms with Crippen molar-refractivity contribution in [2.24, 2.45) is 0 Å². The summed E-state index contributed by atoms with van der Waals surface area (Å²) in [5, 5.41) is 6.74. The second-order valence-corrected chi connectivity index (χ2v) is 8.98. The van der Waals surface area contributed by atoms with Crippen molar-refractivity contribution in [1.82, 2.24) is 14.5 Å². The number of anilines is 1. The van der Waals surface area contributed by atoms with Gasteiger partial charge < -0.3 is 14.5 Å². The van der Waals surface area contributed by atoms with Crippen LogP contribution >= 0.6 is 0 Å². The van der Waals surface area contributed by atoms with Gasteiger partial charge in [-0.15, -0.1) is 0 Å². The molecule has 0 radical (unpaired) electrons. The Bertz CT molecular complexity index is 1210. The summed E-state index contributed by atoms with van der Waals surface area (Å²) in [5.74, 6) is -0.193. The van der Waals surface area contributed by atoms with E-state index in [1.54, 1.807) is 41.2 Å². The van der Waals surface area contributed by atoms with Crippen molar-refractivity contribution in [2.45, 2.75) is 31.3 Å². The number of rotatable bonds is 10. The van der Waals surface area contributed by atoms with E-state index in [9.17, 15) is 18.0 Å². The van der Waals surface area contributed by atoms with Gasteiger partial charge in [0.1, 0.15) is 11.6 Å². The number of nitrogens with one attached hydrogen (secondary N) is 2. The fraction of sp³-hybridized carbons (Fsp3) is 0.227. The monoisotopic (exact) mass is 472 g/mol. The Kier molecular flexibility index (Phi) is 7.80. The standard InChI is InChI=1S/C22H24N4O6S/c1-16(2)26-20(11-12-23-26)25-21(27)15-32-22(28)10-7-17-5-8-19(9-6-17)33(29,30)24-14-18-4-3-13-31-18/h3-13,16,24H,14-15H2,1-2H3,(H,25,27)/b10-7+. The second-order valence-electron chi connectivity index (χ2n) is 7.22. The van der Waals surface area contributed by atoms with Gasteiger partial charge in [0.25, 0.3) is 5.91 Å². The van der Waals surface area contributed by atoms with Gasteiger partial charge in [-0.3, -0.25) is 4.79 Å². The largest absolute Gasteiger partial charge is 0.468 e. The lowest BCUT2D eigenvalue weighted by atomic mass is 10.2. The van der Waals surface area contributed by atoms with E-state index in [-0.39, 0.29) is 17.5 Å². The van der Waals surface area contributed by atoms with Crippen LogP contribution in [0.4, 0.5) is 5.82 Å². The first kappa shape index (κ1) is 24.0. The highest BCUT2D eigenvalue weighted by molar-refractivity contribution is 7.89. The van der Waals surface area contributed by atoms with Crippen LogP contribution in [0.3, 0.4) is 0 Å². The maximum absolute atomic E-state index is 12.3. The topological polar surface area (TPSA) is 133 Å². The Labute approximate surface area is 191 Å². The van der Waals surface area contributed by atoms with Crippen LogP contribution in [0.2, 0.25) is 0 Å². The molecule has 0 bridgehead atoms. The fourth-order valence-corrected chi connectivity index (χ4v) is 3.77. The molecular formula is C22H24N4O6S. The molecule has 0 unspecified atom stereocenters. The van der Waals surface area contributed by atoms with Crippen molar-refractivity contribution < 1.29 is 27.2 Å². The van der Waals surface area contributed by atoms with Gasteiger partial charge in [0.15, 0.2) is 6.61 Å². The normalized spacial score (nSPS) is 11.7. The molecule has 0 atom stereocenters. The predicted octanol–water partition coefficient (Wildman–Crippen LogP) is 2.73. The molecule has 10 nitrogen and oxygen atoms in total. The fourth-order valence-electron chi connectivity index (χ4n) is 2.77. The van der Waals surface area contributed by atoms with E-state index in [1.807, 2.05) is 13.8 Å². The maximum atomic E-state index is 12.3. The Balaban J connectivity index is 1.48. The zero-order chi connectivity index (χ0) is 23.8. The average Bonchev–Trinajstić information content (AvgIpc) is 3.47. The SMILES string of the molecule is CC(C)n1nccc1NC(=O)COC(=O)/C=C/c1ccc(S(=O)(=O)NCc2ccco2)cc1. The van der Waals surface area contributed by atoms with Gasteiger partial charge in [-0.25, -0.2) is 22.6 Å². The molecule has 11 heteroatoms. The smallest absolute Gasteiger partial charge is 0.331 e. The molecule has 0 spiro atoms. The van der Waals surface area contributed by atoms with Gasteiger partial charge in [-0.05, 0) is 49.8 Å². The van der Waals surface area contributed by atoms with Crippen LogP contribution in [0, 0.1) is 0 Å². The van der Waals surface area contributed by atoms with E-state index in [0.29, 0.717) is 17.1 Å². The summed E-state index contributed by atoms with van der Waals surface area (Å²) in [7, 11) is -3.71. The number of hydrogen-bond donors (Lipinski definition) is 2. The van der Waals surface area contributed by atoms with E-state index >= 15 is 0 Å². The Morgan fingerprint density at radius 3 is 2.61 bits per heavy atom. The van der Waals surface area contributed by atoms with E-state index < -0.39 is 28.5 Å². The summed E-state index contributed by atoms with van der Waals surface area (Å²) in [4.78, 5) is 24.0. The van der Waals surface area contributed by atoms with Crippen LogP contribution in [0.25, 0.3) is 6.08 Å². The average molecular weight is 473 g/mol. The molecular weight excluding hydrogens is 448 g/mol. The minimum absolute atomic E-state index is 0.0379. The van der Waals surface area contributed by atoms with Crippen molar-refractivity contribution in [1.29, 1.82) is 0 Å². The number of amides is 1. The molecule has 0 saturated carbocycles. The third-order valence-electron chi connectivity index (χ3n) is 4.39. The molecule has 33 heavy (non-hydrogen) atoms. The number of benzene rings is 1. The number of hydrogen-bond acceptors (Lipinski definition) is 7. The molecule has 2 aromatic heterocycles. The highest BCUT2D eigenvalue weighted by Gasteiger charge is 2.14. The summed E-state index contributed by atoms with van der Waals surface area (Å²) in [6.07, 6.45) is 5.64. The van der Waals surface area contributed by atoms with Crippen molar-refractivity contribution in [3.63, 3.8) is 0 Å². The third-order valence-corrected chi connectivity index (χ3v) is 5.81. The van der Waals surface area contributed by atoms with Crippen molar-refractivity contribution in [3.8, 4) is 0 Å². The molecule has 0 saturated heterocycles. The van der Waals surface area contributed by atoms with Gasteiger partial charge in [0, 0.05) is 18.2 Å². The van der Waals surface area contributed by atoms with Crippen LogP contribution < -0.4 is 10.0 Å². The summed E-state index contributed by atoms with van der Waals surface area (Å²) >= 11 is 0. The molecule has 1 amide bonds. The number of furan rings is 1. The highest BCUT2D eigenvalue weighted by atomic mass is 32.2. The minimum Gasteiger partial charge on any atom is -0.468 e. The lowest BCUT2D eigenvalue weighted by Crippen LogP contribution is -2.22.